The molecule has 0 unspecified atom stereocenters. The Morgan fingerprint density at radius 1 is 1.21 bits per heavy atom. The first-order valence-corrected chi connectivity index (χ1v) is 10.2. The van der Waals surface area contributed by atoms with E-state index < -0.39 is 12.1 Å². The number of rotatable bonds is 2. The van der Waals surface area contributed by atoms with Crippen LogP contribution in [0.5, 0.6) is 0 Å². The molecular formula is C20H25F3N6O4. The summed E-state index contributed by atoms with van der Waals surface area (Å²) in [6.45, 7) is 5.83. The third-order valence-electron chi connectivity index (χ3n) is 5.76. The zero-order valence-electron chi connectivity index (χ0n) is 18.2. The van der Waals surface area contributed by atoms with E-state index >= 15 is 0 Å². The molecule has 4 heterocycles. The zero-order valence-corrected chi connectivity index (χ0v) is 18.2. The van der Waals surface area contributed by atoms with Crippen molar-refractivity contribution in [2.24, 2.45) is 0 Å². The van der Waals surface area contributed by atoms with Crippen LogP contribution < -0.4 is 0 Å². The largest absolute Gasteiger partial charge is 0.490 e. The van der Waals surface area contributed by atoms with E-state index in [4.69, 9.17) is 14.6 Å². The number of amides is 1. The Bertz CT molecular complexity index is 974. The number of carboxylic acid groups (broad SMARTS) is 1. The van der Waals surface area contributed by atoms with Gasteiger partial charge < -0.3 is 14.4 Å². The number of pyridine rings is 1. The van der Waals surface area contributed by atoms with Gasteiger partial charge in [0.15, 0.2) is 5.82 Å². The van der Waals surface area contributed by atoms with Gasteiger partial charge in [0, 0.05) is 32.4 Å². The maximum Gasteiger partial charge on any atom is 0.490 e. The molecule has 1 saturated heterocycles. The Morgan fingerprint density at radius 3 is 2.42 bits per heavy atom. The first-order chi connectivity index (χ1) is 15.6. The number of aromatic nitrogens is 4. The summed E-state index contributed by atoms with van der Waals surface area (Å²) in [5.41, 5.74) is 0.931. The summed E-state index contributed by atoms with van der Waals surface area (Å²) in [6.07, 6.45) is -1.66. The molecule has 1 N–H and O–H groups in total. The number of hydrogen-bond donors (Lipinski definition) is 1. The molecule has 1 spiro atoms. The van der Waals surface area contributed by atoms with Gasteiger partial charge >= 0.3 is 18.2 Å². The second kappa shape index (κ2) is 9.73. The Kier molecular flexibility index (Phi) is 7.20. The molecule has 0 radical (unpaired) electrons. The maximum absolute atomic E-state index is 12.1. The number of piperidine rings is 1. The van der Waals surface area contributed by atoms with Crippen LogP contribution in [-0.4, -0.2) is 79.6 Å². The summed E-state index contributed by atoms with van der Waals surface area (Å²) in [4.78, 5) is 29.6. The minimum Gasteiger partial charge on any atom is -0.475 e. The number of hydrogen-bond acceptors (Lipinski definition) is 7. The van der Waals surface area contributed by atoms with Crippen molar-refractivity contribution in [1.82, 2.24) is 29.5 Å². The molecule has 2 aromatic heterocycles. The van der Waals surface area contributed by atoms with Crippen LogP contribution in [0.25, 0.3) is 0 Å². The van der Waals surface area contributed by atoms with Crippen molar-refractivity contribution in [2.45, 2.75) is 44.6 Å². The minimum absolute atomic E-state index is 0.157. The standard InChI is InChI=1S/C18H24N6O2.C2HF3O2/c1-14-20-21-16-12-23(17(25)26-2)13-18(24(14)16)6-9-22(10-7-18)11-15-5-3-4-8-19-15;3-2(4,5)1(6)7/h3-5,8H,6-7,9-13H2,1-2H3;(H,6,7). The summed E-state index contributed by atoms with van der Waals surface area (Å²) in [5, 5.41) is 15.7. The zero-order chi connectivity index (χ0) is 24.2. The summed E-state index contributed by atoms with van der Waals surface area (Å²) in [6, 6.07) is 6.02. The molecule has 2 aliphatic rings. The molecule has 2 aliphatic heterocycles. The van der Waals surface area contributed by atoms with Crippen molar-refractivity contribution in [3.05, 3.63) is 41.7 Å². The van der Waals surface area contributed by atoms with Gasteiger partial charge in [-0.05, 0) is 31.9 Å². The van der Waals surface area contributed by atoms with Crippen LogP contribution in [0, 0.1) is 6.92 Å². The average Bonchev–Trinajstić information content (AvgIpc) is 3.17. The van der Waals surface area contributed by atoms with Crippen molar-refractivity contribution in [3.63, 3.8) is 0 Å². The lowest BCUT2D eigenvalue weighted by Gasteiger charge is -2.48. The van der Waals surface area contributed by atoms with E-state index in [0.29, 0.717) is 13.1 Å². The average molecular weight is 470 g/mol. The van der Waals surface area contributed by atoms with Crippen LogP contribution in [-0.2, 0) is 28.2 Å². The molecule has 33 heavy (non-hydrogen) atoms. The lowest BCUT2D eigenvalue weighted by Crippen LogP contribution is -2.57. The number of likely N-dealkylation sites (tertiary alicyclic amines) is 1. The summed E-state index contributed by atoms with van der Waals surface area (Å²) in [5.74, 6) is -0.993. The predicted molar refractivity (Wildman–Crippen MR) is 108 cm³/mol. The summed E-state index contributed by atoms with van der Waals surface area (Å²) in [7, 11) is 1.43. The summed E-state index contributed by atoms with van der Waals surface area (Å²) < 4.78 is 38.9. The van der Waals surface area contributed by atoms with Gasteiger partial charge in [-0.1, -0.05) is 6.07 Å². The first-order valence-electron chi connectivity index (χ1n) is 10.2. The number of halogens is 3. The van der Waals surface area contributed by atoms with Gasteiger partial charge in [0.05, 0.1) is 24.9 Å². The van der Waals surface area contributed by atoms with E-state index in [-0.39, 0.29) is 11.6 Å². The topological polar surface area (TPSA) is 114 Å². The highest BCUT2D eigenvalue weighted by Crippen LogP contribution is 2.37. The van der Waals surface area contributed by atoms with Crippen LogP contribution in [0.1, 0.15) is 30.2 Å². The van der Waals surface area contributed by atoms with Crippen LogP contribution in [0.15, 0.2) is 24.4 Å². The van der Waals surface area contributed by atoms with E-state index in [1.165, 1.54) is 7.11 Å². The number of fused-ring (bicyclic) bond motifs is 2. The molecule has 0 aromatic carbocycles. The number of methoxy groups -OCH3 is 1. The monoisotopic (exact) mass is 470 g/mol. The Labute approximate surface area is 188 Å². The molecular weight excluding hydrogens is 445 g/mol. The molecule has 10 nitrogen and oxygen atoms in total. The highest BCUT2D eigenvalue weighted by molar-refractivity contribution is 5.73. The van der Waals surface area contributed by atoms with E-state index in [2.05, 4.69) is 30.7 Å². The number of aliphatic carboxylic acids is 1. The third kappa shape index (κ3) is 5.59. The molecule has 1 amide bonds. The van der Waals surface area contributed by atoms with Crippen LogP contribution in [0.4, 0.5) is 18.0 Å². The molecule has 1 fully saturated rings. The van der Waals surface area contributed by atoms with Gasteiger partial charge in [0.2, 0.25) is 0 Å². The van der Waals surface area contributed by atoms with Gasteiger partial charge in [-0.15, -0.1) is 10.2 Å². The maximum atomic E-state index is 12.1. The lowest BCUT2D eigenvalue weighted by atomic mass is 9.84. The number of carbonyl (C=O) groups excluding carboxylic acids is 1. The van der Waals surface area contributed by atoms with Crippen molar-refractivity contribution < 1.29 is 32.6 Å². The highest BCUT2D eigenvalue weighted by Gasteiger charge is 2.45. The quantitative estimate of drug-likeness (QED) is 0.711. The van der Waals surface area contributed by atoms with Crippen LogP contribution >= 0.6 is 0 Å². The van der Waals surface area contributed by atoms with E-state index in [1.807, 2.05) is 25.3 Å². The number of nitrogens with zero attached hydrogens (tertiary/aromatic N) is 6. The van der Waals surface area contributed by atoms with E-state index in [0.717, 1.165) is 49.8 Å². The van der Waals surface area contributed by atoms with Gasteiger partial charge in [0.25, 0.3) is 0 Å². The minimum atomic E-state index is -5.08. The predicted octanol–water partition coefficient (Wildman–Crippen LogP) is 2.19. The highest BCUT2D eigenvalue weighted by atomic mass is 19.4. The molecule has 13 heteroatoms. The number of carboxylic acids is 1. The number of alkyl halides is 3. The van der Waals surface area contributed by atoms with Crippen LogP contribution in [0.3, 0.4) is 0 Å². The second-order valence-electron chi connectivity index (χ2n) is 7.95. The first kappa shape index (κ1) is 24.4. The molecule has 0 atom stereocenters. The van der Waals surface area contributed by atoms with Gasteiger partial charge in [0.1, 0.15) is 5.82 Å². The van der Waals surface area contributed by atoms with E-state index in [9.17, 15) is 18.0 Å². The molecule has 0 aliphatic carbocycles. The molecule has 0 saturated carbocycles. The van der Waals surface area contributed by atoms with E-state index in [1.54, 1.807) is 4.90 Å². The van der Waals surface area contributed by atoms with Crippen LogP contribution in [0.2, 0.25) is 0 Å². The van der Waals surface area contributed by atoms with Crippen molar-refractivity contribution >= 4 is 12.1 Å². The fourth-order valence-electron chi connectivity index (χ4n) is 4.27. The van der Waals surface area contributed by atoms with Crippen molar-refractivity contribution in [2.75, 3.05) is 26.7 Å². The molecule has 2 aromatic rings. The Balaban J connectivity index is 0.000000383. The molecule has 180 valence electrons. The lowest BCUT2D eigenvalue weighted by molar-refractivity contribution is -0.192. The second-order valence-corrected chi connectivity index (χ2v) is 7.95. The summed E-state index contributed by atoms with van der Waals surface area (Å²) >= 11 is 0. The van der Waals surface area contributed by atoms with Gasteiger partial charge in [-0.25, -0.2) is 9.59 Å². The fraction of sp³-hybridized carbons (Fsp3) is 0.550. The number of carbonyl (C=O) groups is 2. The SMILES string of the molecule is COC(=O)N1Cc2nnc(C)n2C2(CCN(Cc3ccccn3)CC2)C1.O=C(O)C(F)(F)F. The molecule has 4 rings (SSSR count). The number of aryl methyl sites for hydroxylation is 1. The van der Waals surface area contributed by atoms with Gasteiger partial charge in [-0.2, -0.15) is 13.2 Å². The van der Waals surface area contributed by atoms with Crippen molar-refractivity contribution in [1.29, 1.82) is 0 Å². The van der Waals surface area contributed by atoms with Gasteiger partial charge in [-0.3, -0.25) is 14.8 Å². The fourth-order valence-corrected chi connectivity index (χ4v) is 4.27. The molecule has 0 bridgehead atoms. The normalized spacial score (nSPS) is 17.7. The van der Waals surface area contributed by atoms with Crippen molar-refractivity contribution in [3.8, 4) is 0 Å². The Morgan fingerprint density at radius 2 is 1.88 bits per heavy atom. The third-order valence-corrected chi connectivity index (χ3v) is 5.76. The number of ether oxygens (including phenoxy) is 1. The smallest absolute Gasteiger partial charge is 0.475 e. The Hall–Kier alpha value is -3.22.